The summed E-state index contributed by atoms with van der Waals surface area (Å²) in [4.78, 5) is 4.20. The molecule has 0 aliphatic rings. The molecule has 1 aromatic rings. The molecule has 0 bridgehead atoms. The van der Waals surface area contributed by atoms with E-state index in [-0.39, 0.29) is 6.54 Å². The molecule has 0 aliphatic carbocycles. The lowest BCUT2D eigenvalue weighted by molar-refractivity contribution is 0.145. The molecule has 0 spiro atoms. The van der Waals surface area contributed by atoms with Crippen molar-refractivity contribution < 1.29 is 13.5 Å². The summed E-state index contributed by atoms with van der Waals surface area (Å²) in [6, 6.07) is 0. The van der Waals surface area contributed by atoms with Crippen LogP contribution in [0.1, 0.15) is 16.8 Å². The van der Waals surface area contributed by atoms with E-state index in [4.69, 9.17) is 4.74 Å². The van der Waals surface area contributed by atoms with Crippen molar-refractivity contribution in [2.24, 2.45) is 0 Å². The lowest BCUT2D eigenvalue weighted by Crippen LogP contribution is -2.21. The molecule has 1 N–H and O–H groups in total. The van der Waals surface area contributed by atoms with E-state index in [0.717, 1.165) is 22.6 Å². The highest BCUT2D eigenvalue weighted by molar-refractivity contribution is 5.40. The van der Waals surface area contributed by atoms with Crippen molar-refractivity contribution in [3.05, 3.63) is 23.0 Å². The number of aryl methyl sites for hydroxylation is 1. The minimum atomic E-state index is -2.34. The van der Waals surface area contributed by atoms with Gasteiger partial charge in [0.05, 0.1) is 19.3 Å². The van der Waals surface area contributed by atoms with Crippen LogP contribution >= 0.6 is 0 Å². The number of hydrogen-bond donors (Lipinski definition) is 1. The molecule has 5 heteroatoms. The summed E-state index contributed by atoms with van der Waals surface area (Å²) >= 11 is 0. The number of methoxy groups -OCH3 is 1. The maximum Gasteiger partial charge on any atom is 0.250 e. The number of halogens is 2. The van der Waals surface area contributed by atoms with Gasteiger partial charge in [0.1, 0.15) is 5.75 Å². The zero-order valence-corrected chi connectivity index (χ0v) is 9.68. The quantitative estimate of drug-likeness (QED) is 0.840. The van der Waals surface area contributed by atoms with Crippen LogP contribution in [0.5, 0.6) is 5.75 Å². The largest absolute Gasteiger partial charge is 0.496 e. The van der Waals surface area contributed by atoms with E-state index in [1.807, 2.05) is 13.8 Å². The fourth-order valence-corrected chi connectivity index (χ4v) is 1.55. The number of hydrogen-bond acceptors (Lipinski definition) is 3. The summed E-state index contributed by atoms with van der Waals surface area (Å²) in [5, 5.41) is 2.64. The van der Waals surface area contributed by atoms with E-state index in [9.17, 15) is 8.78 Å². The van der Waals surface area contributed by atoms with E-state index in [1.165, 1.54) is 0 Å². The molecule has 1 aromatic heterocycles. The number of pyridine rings is 1. The molecule has 1 rings (SSSR count). The van der Waals surface area contributed by atoms with Gasteiger partial charge in [-0.3, -0.25) is 4.98 Å². The Morgan fingerprint density at radius 3 is 2.69 bits per heavy atom. The van der Waals surface area contributed by atoms with Crippen LogP contribution in [-0.4, -0.2) is 25.1 Å². The van der Waals surface area contributed by atoms with Crippen molar-refractivity contribution in [2.45, 2.75) is 26.8 Å². The number of rotatable bonds is 5. The van der Waals surface area contributed by atoms with Crippen LogP contribution in [0.25, 0.3) is 0 Å². The molecule has 0 atom stereocenters. The Hall–Kier alpha value is -1.23. The normalized spacial score (nSPS) is 10.9. The third-order valence-electron chi connectivity index (χ3n) is 2.34. The average molecular weight is 230 g/mol. The smallest absolute Gasteiger partial charge is 0.250 e. The zero-order valence-electron chi connectivity index (χ0n) is 9.68. The molecule has 0 amide bonds. The van der Waals surface area contributed by atoms with Crippen LogP contribution in [0, 0.1) is 13.8 Å². The fourth-order valence-electron chi connectivity index (χ4n) is 1.55. The molecule has 0 unspecified atom stereocenters. The first-order valence-corrected chi connectivity index (χ1v) is 5.04. The molecule has 0 radical (unpaired) electrons. The second-order valence-electron chi connectivity index (χ2n) is 3.57. The fraction of sp³-hybridized carbons (Fsp3) is 0.545. The van der Waals surface area contributed by atoms with Gasteiger partial charge in [-0.2, -0.15) is 0 Å². The second-order valence-corrected chi connectivity index (χ2v) is 3.57. The van der Waals surface area contributed by atoms with Crippen molar-refractivity contribution >= 4 is 0 Å². The average Bonchev–Trinajstić information content (AvgIpc) is 2.22. The van der Waals surface area contributed by atoms with Crippen molar-refractivity contribution in [3.8, 4) is 5.75 Å². The molecule has 90 valence electrons. The van der Waals surface area contributed by atoms with Gasteiger partial charge in [-0.1, -0.05) is 0 Å². The summed E-state index contributed by atoms with van der Waals surface area (Å²) in [5.41, 5.74) is 2.57. The van der Waals surface area contributed by atoms with Gasteiger partial charge in [0.25, 0.3) is 6.43 Å². The number of nitrogens with zero attached hydrogens (tertiary/aromatic N) is 1. The number of alkyl halides is 2. The summed E-state index contributed by atoms with van der Waals surface area (Å²) in [7, 11) is 1.59. The lowest BCUT2D eigenvalue weighted by atomic mass is 10.1. The molecule has 16 heavy (non-hydrogen) atoms. The van der Waals surface area contributed by atoms with Crippen molar-refractivity contribution in [2.75, 3.05) is 13.7 Å². The maximum atomic E-state index is 11.9. The van der Waals surface area contributed by atoms with Gasteiger partial charge in [0.2, 0.25) is 0 Å². The van der Waals surface area contributed by atoms with Crippen LogP contribution in [0.3, 0.4) is 0 Å². The standard InChI is InChI=1S/C11H16F2N2O/c1-7-4-15-9(5-14-6-10(12)13)8(2)11(7)16-3/h4,10,14H,5-6H2,1-3H3. The first-order valence-electron chi connectivity index (χ1n) is 5.04. The summed E-state index contributed by atoms with van der Waals surface area (Å²) in [6.45, 7) is 3.78. The van der Waals surface area contributed by atoms with Gasteiger partial charge < -0.3 is 10.1 Å². The Kier molecular flexibility index (Phi) is 4.61. The molecular formula is C11H16F2N2O. The van der Waals surface area contributed by atoms with Crippen molar-refractivity contribution in [1.29, 1.82) is 0 Å². The summed E-state index contributed by atoms with van der Waals surface area (Å²) in [5.74, 6) is 0.767. The Labute approximate surface area is 93.8 Å². The van der Waals surface area contributed by atoms with E-state index in [0.29, 0.717) is 6.54 Å². The topological polar surface area (TPSA) is 34.1 Å². The maximum absolute atomic E-state index is 11.9. The lowest BCUT2D eigenvalue weighted by Gasteiger charge is -2.12. The van der Waals surface area contributed by atoms with E-state index >= 15 is 0 Å². The van der Waals surface area contributed by atoms with Gasteiger partial charge in [-0.25, -0.2) is 8.78 Å². The van der Waals surface area contributed by atoms with Crippen molar-refractivity contribution in [1.82, 2.24) is 10.3 Å². The Morgan fingerprint density at radius 2 is 2.12 bits per heavy atom. The van der Waals surface area contributed by atoms with E-state index in [2.05, 4.69) is 10.3 Å². The molecular weight excluding hydrogens is 214 g/mol. The second kappa shape index (κ2) is 5.75. The highest BCUT2D eigenvalue weighted by Crippen LogP contribution is 2.23. The molecule has 0 saturated carbocycles. The third-order valence-corrected chi connectivity index (χ3v) is 2.34. The highest BCUT2D eigenvalue weighted by atomic mass is 19.3. The molecule has 0 aliphatic heterocycles. The summed E-state index contributed by atoms with van der Waals surface area (Å²) in [6.07, 6.45) is -0.654. The highest BCUT2D eigenvalue weighted by Gasteiger charge is 2.09. The van der Waals surface area contributed by atoms with Gasteiger partial charge >= 0.3 is 0 Å². The van der Waals surface area contributed by atoms with E-state index < -0.39 is 6.43 Å². The number of aromatic nitrogens is 1. The van der Waals surface area contributed by atoms with Crippen LogP contribution < -0.4 is 10.1 Å². The third kappa shape index (κ3) is 3.13. The molecule has 3 nitrogen and oxygen atoms in total. The minimum absolute atomic E-state index is 0.322. The van der Waals surface area contributed by atoms with E-state index in [1.54, 1.807) is 13.3 Å². The van der Waals surface area contributed by atoms with Crippen molar-refractivity contribution in [3.63, 3.8) is 0 Å². The first kappa shape index (κ1) is 12.8. The number of ether oxygens (including phenoxy) is 1. The molecule has 0 aromatic carbocycles. The van der Waals surface area contributed by atoms with Crippen LogP contribution in [0.4, 0.5) is 8.78 Å². The zero-order chi connectivity index (χ0) is 12.1. The Morgan fingerprint density at radius 1 is 1.44 bits per heavy atom. The molecule has 0 saturated heterocycles. The van der Waals surface area contributed by atoms with Crippen LogP contribution in [-0.2, 0) is 6.54 Å². The molecule has 1 heterocycles. The van der Waals surface area contributed by atoms with Gasteiger partial charge in [-0.15, -0.1) is 0 Å². The Bertz CT molecular complexity index is 356. The van der Waals surface area contributed by atoms with Crippen LogP contribution in [0.2, 0.25) is 0 Å². The minimum Gasteiger partial charge on any atom is -0.496 e. The van der Waals surface area contributed by atoms with Crippen LogP contribution in [0.15, 0.2) is 6.20 Å². The SMILES string of the molecule is COc1c(C)cnc(CNCC(F)F)c1C. The van der Waals surface area contributed by atoms with Gasteiger partial charge in [0.15, 0.2) is 0 Å². The van der Waals surface area contributed by atoms with Gasteiger partial charge in [0, 0.05) is 23.9 Å². The van der Waals surface area contributed by atoms with Gasteiger partial charge in [-0.05, 0) is 13.8 Å². The number of nitrogens with one attached hydrogen (secondary N) is 1. The Balaban J connectivity index is 2.74. The first-order chi connectivity index (χ1) is 7.56. The predicted molar refractivity (Wildman–Crippen MR) is 58.0 cm³/mol. The monoisotopic (exact) mass is 230 g/mol. The summed E-state index contributed by atoms with van der Waals surface area (Å²) < 4.78 is 29.1. The predicted octanol–water partition coefficient (Wildman–Crippen LogP) is 2.06. The molecule has 0 fully saturated rings.